The molecule has 5 rings (SSSR count). The molecule has 2 N–H and O–H groups in total. The van der Waals surface area contributed by atoms with Gasteiger partial charge in [0.2, 0.25) is 0 Å². The Kier molecular flexibility index (Phi) is 3.48. The lowest BCUT2D eigenvalue weighted by Crippen LogP contribution is -1.96. The molecule has 2 heterocycles. The average Bonchev–Trinajstić information content (AvgIpc) is 3.23. The number of aromatic hydroxyl groups is 2. The minimum Gasteiger partial charge on any atom is -0.504 e. The Morgan fingerprint density at radius 2 is 0.963 bits per heavy atom. The molecule has 0 atom stereocenters. The van der Waals surface area contributed by atoms with Gasteiger partial charge in [0.15, 0.2) is 22.5 Å². The fourth-order valence-corrected chi connectivity index (χ4v) is 3.63. The lowest BCUT2D eigenvalue weighted by Gasteiger charge is -2.12. The Morgan fingerprint density at radius 1 is 0.556 bits per heavy atom. The number of rotatable bonds is 2. The molecule has 0 unspecified atom stereocenters. The quantitative estimate of drug-likeness (QED) is 0.447. The van der Waals surface area contributed by atoms with Crippen LogP contribution in [0.1, 0.15) is 0 Å². The van der Waals surface area contributed by atoms with E-state index in [2.05, 4.69) is 18.7 Å². The van der Waals surface area contributed by atoms with Gasteiger partial charge in [0.1, 0.15) is 11.0 Å². The van der Waals surface area contributed by atoms with Gasteiger partial charge in [0.25, 0.3) is 0 Å². The van der Waals surface area contributed by atoms with E-state index in [1.165, 1.54) is 0 Å². The van der Waals surface area contributed by atoms with E-state index in [1.807, 2.05) is 60.7 Å². The second-order valence-electron chi connectivity index (χ2n) is 6.01. The largest absolute Gasteiger partial charge is 0.504 e. The first-order chi connectivity index (χ1) is 13.2. The fourth-order valence-electron chi connectivity index (χ4n) is 3.08. The van der Waals surface area contributed by atoms with Crippen LogP contribution in [-0.4, -0.2) is 28.9 Å². The number of benzene rings is 3. The van der Waals surface area contributed by atoms with Crippen LogP contribution in [0.3, 0.4) is 0 Å². The first-order valence-electron chi connectivity index (χ1n) is 8.23. The molecule has 7 heteroatoms. The summed E-state index contributed by atoms with van der Waals surface area (Å²) in [6.45, 7) is 0. The maximum atomic E-state index is 10.6. The summed E-state index contributed by atoms with van der Waals surface area (Å²) in [4.78, 5) is 9.35. The molecule has 0 saturated carbocycles. The van der Waals surface area contributed by atoms with Crippen molar-refractivity contribution in [2.24, 2.45) is 0 Å². The highest BCUT2D eigenvalue weighted by molar-refractivity contribution is 7.00. The third-order valence-electron chi connectivity index (χ3n) is 4.38. The monoisotopic (exact) mass is 372 g/mol. The maximum Gasteiger partial charge on any atom is 0.173 e. The van der Waals surface area contributed by atoms with Crippen molar-refractivity contribution in [3.05, 3.63) is 60.7 Å². The van der Waals surface area contributed by atoms with Crippen LogP contribution in [0, 0.1) is 0 Å². The maximum absolute atomic E-state index is 10.6. The van der Waals surface area contributed by atoms with Gasteiger partial charge in [-0.3, -0.25) is 0 Å². The van der Waals surface area contributed by atoms with Crippen molar-refractivity contribution >= 4 is 33.8 Å². The molecule has 2 aromatic heterocycles. The van der Waals surface area contributed by atoms with E-state index in [-0.39, 0.29) is 33.6 Å². The molecule has 130 valence electrons. The Bertz CT molecular complexity index is 1190. The molecule has 0 radical (unpaired) electrons. The summed E-state index contributed by atoms with van der Waals surface area (Å²) in [7, 11) is 0. The van der Waals surface area contributed by atoms with Crippen LogP contribution < -0.4 is 0 Å². The molecule has 3 aromatic carbocycles. The van der Waals surface area contributed by atoms with Crippen LogP contribution in [0.5, 0.6) is 11.5 Å². The number of nitrogens with zero attached hydrogens (tertiary/aromatic N) is 4. The van der Waals surface area contributed by atoms with E-state index >= 15 is 0 Å². The van der Waals surface area contributed by atoms with Crippen molar-refractivity contribution < 1.29 is 10.2 Å². The second-order valence-corrected chi connectivity index (χ2v) is 6.54. The topological polar surface area (TPSA) is 92.0 Å². The van der Waals surface area contributed by atoms with Gasteiger partial charge in [0, 0.05) is 11.1 Å². The number of aromatic nitrogens is 4. The van der Waals surface area contributed by atoms with Gasteiger partial charge in [-0.2, -0.15) is 8.75 Å². The first kappa shape index (κ1) is 15.7. The minimum atomic E-state index is -0.129. The summed E-state index contributed by atoms with van der Waals surface area (Å²) in [5, 5.41) is 21.3. The molecule has 0 aliphatic heterocycles. The Hall–Kier alpha value is -3.58. The van der Waals surface area contributed by atoms with Crippen LogP contribution >= 0.6 is 11.7 Å². The predicted molar refractivity (Wildman–Crippen MR) is 105 cm³/mol. The van der Waals surface area contributed by atoms with E-state index in [9.17, 15) is 10.2 Å². The molecule has 6 nitrogen and oxygen atoms in total. The predicted octanol–water partition coefficient (Wildman–Crippen LogP) is 4.38. The molecule has 0 saturated heterocycles. The van der Waals surface area contributed by atoms with Gasteiger partial charge in [0.05, 0.1) is 23.1 Å². The second kappa shape index (κ2) is 6.00. The van der Waals surface area contributed by atoms with Crippen molar-refractivity contribution in [2.45, 2.75) is 0 Å². The summed E-state index contributed by atoms with van der Waals surface area (Å²) in [6, 6.07) is 19.2. The summed E-state index contributed by atoms with van der Waals surface area (Å²) < 4.78 is 8.13. The molecule has 0 spiro atoms. The van der Waals surface area contributed by atoms with Crippen LogP contribution in [0.2, 0.25) is 0 Å². The van der Waals surface area contributed by atoms with E-state index in [0.29, 0.717) is 11.4 Å². The summed E-state index contributed by atoms with van der Waals surface area (Å²) in [5.74, 6) is -0.258. The third kappa shape index (κ3) is 2.40. The molecule has 0 fully saturated rings. The lowest BCUT2D eigenvalue weighted by molar-refractivity contribution is 0.475. The normalized spacial score (nSPS) is 11.3. The van der Waals surface area contributed by atoms with Gasteiger partial charge in [-0.05, 0) is 0 Å². The molecular weight excluding hydrogens is 360 g/mol. The van der Waals surface area contributed by atoms with Crippen LogP contribution in [0.25, 0.3) is 44.6 Å². The smallest absolute Gasteiger partial charge is 0.173 e. The molecule has 0 aliphatic carbocycles. The summed E-state index contributed by atoms with van der Waals surface area (Å²) in [6.07, 6.45) is 0. The van der Waals surface area contributed by atoms with Crippen molar-refractivity contribution in [2.75, 3.05) is 0 Å². The lowest BCUT2D eigenvalue weighted by atomic mass is 10.0. The van der Waals surface area contributed by atoms with E-state index in [1.54, 1.807) is 0 Å². The van der Waals surface area contributed by atoms with Gasteiger partial charge in [-0.25, -0.2) is 9.97 Å². The van der Waals surface area contributed by atoms with E-state index in [0.717, 1.165) is 22.9 Å². The molecule has 27 heavy (non-hydrogen) atoms. The zero-order chi connectivity index (χ0) is 18.4. The molecule has 0 amide bonds. The van der Waals surface area contributed by atoms with E-state index in [4.69, 9.17) is 0 Å². The number of phenolic OH excluding ortho intramolecular Hbond substituents is 2. The Morgan fingerprint density at radius 3 is 1.37 bits per heavy atom. The minimum absolute atomic E-state index is 0.129. The van der Waals surface area contributed by atoms with E-state index < -0.39 is 0 Å². The Balaban J connectivity index is 1.94. The van der Waals surface area contributed by atoms with Crippen LogP contribution in [0.15, 0.2) is 60.7 Å². The third-order valence-corrected chi connectivity index (χ3v) is 4.90. The number of hydrogen-bond donors (Lipinski definition) is 2. The number of phenols is 2. The molecule has 0 aliphatic rings. The van der Waals surface area contributed by atoms with Gasteiger partial charge < -0.3 is 10.2 Å². The highest BCUT2D eigenvalue weighted by Crippen LogP contribution is 2.41. The molecular formula is C20H12N4O2S. The van der Waals surface area contributed by atoms with Crippen molar-refractivity contribution in [3.63, 3.8) is 0 Å². The zero-order valence-electron chi connectivity index (χ0n) is 13.9. The van der Waals surface area contributed by atoms with Crippen molar-refractivity contribution in [3.8, 4) is 34.0 Å². The van der Waals surface area contributed by atoms with Gasteiger partial charge in [-0.15, -0.1) is 0 Å². The zero-order valence-corrected chi connectivity index (χ0v) is 14.7. The van der Waals surface area contributed by atoms with Crippen LogP contribution in [-0.2, 0) is 0 Å². The van der Waals surface area contributed by atoms with Gasteiger partial charge >= 0.3 is 0 Å². The number of fused-ring (bicyclic) bond motifs is 2. The van der Waals surface area contributed by atoms with Gasteiger partial charge in [-0.1, -0.05) is 60.7 Å². The first-order valence-corrected chi connectivity index (χ1v) is 8.96. The average molecular weight is 372 g/mol. The summed E-state index contributed by atoms with van der Waals surface area (Å²) >= 11 is 0.917. The highest BCUT2D eigenvalue weighted by atomic mass is 32.1. The number of hydrogen-bond acceptors (Lipinski definition) is 7. The Labute approximate surface area is 157 Å². The standard InChI is InChI=1S/C20H12N4O2S/c25-19-15-16(20(26)18-17(19)23-27-24-18)22-14(12-9-5-2-6-10-12)13(21-15)11-7-3-1-4-8-11/h1-10,25-26H. The summed E-state index contributed by atoms with van der Waals surface area (Å²) in [5.41, 5.74) is 3.81. The highest BCUT2D eigenvalue weighted by Gasteiger charge is 2.22. The SMILES string of the molecule is Oc1c2nsnc2c(O)c2nc(-c3ccccc3)c(-c3ccccc3)nc12. The molecule has 0 bridgehead atoms. The van der Waals surface area contributed by atoms with Crippen molar-refractivity contribution in [1.82, 2.24) is 18.7 Å². The molecule has 5 aromatic rings. The van der Waals surface area contributed by atoms with Crippen LogP contribution in [0.4, 0.5) is 0 Å². The van der Waals surface area contributed by atoms with Crippen molar-refractivity contribution in [1.29, 1.82) is 0 Å². The fraction of sp³-hybridized carbons (Fsp3) is 0.